The van der Waals surface area contributed by atoms with Crippen molar-refractivity contribution in [2.24, 2.45) is 0 Å². The van der Waals surface area contributed by atoms with Gasteiger partial charge in [0.2, 0.25) is 5.91 Å². The second-order valence-corrected chi connectivity index (χ2v) is 4.79. The zero-order valence-electron chi connectivity index (χ0n) is 11.0. The van der Waals surface area contributed by atoms with Crippen molar-refractivity contribution >= 4 is 18.1 Å². The van der Waals surface area contributed by atoms with E-state index in [0.717, 1.165) is 11.4 Å². The van der Waals surface area contributed by atoms with E-state index >= 15 is 0 Å². The van der Waals surface area contributed by atoms with Crippen molar-refractivity contribution in [2.45, 2.75) is 13.0 Å². The van der Waals surface area contributed by atoms with Gasteiger partial charge in [-0.2, -0.15) is 5.10 Å². The van der Waals surface area contributed by atoms with Crippen LogP contribution < -0.4 is 0 Å². The van der Waals surface area contributed by atoms with Crippen LogP contribution in [0.2, 0.25) is 0 Å². The zero-order valence-corrected chi connectivity index (χ0v) is 11.8. The van der Waals surface area contributed by atoms with Crippen molar-refractivity contribution in [1.29, 1.82) is 0 Å². The van der Waals surface area contributed by atoms with E-state index in [1.807, 2.05) is 34.9 Å². The minimum atomic E-state index is 0.0714. The monoisotopic (exact) mass is 276 g/mol. The summed E-state index contributed by atoms with van der Waals surface area (Å²) in [6, 6.07) is 9.78. The number of amides is 1. The molecule has 1 aromatic heterocycles. The summed E-state index contributed by atoms with van der Waals surface area (Å²) in [4.78, 5) is 13.2. The van der Waals surface area contributed by atoms with Gasteiger partial charge in [-0.3, -0.25) is 14.5 Å². The molecule has 0 radical (unpaired) electrons. The lowest BCUT2D eigenvalue weighted by Crippen LogP contribution is -2.23. The molecule has 100 valence electrons. The number of H-pyrrole nitrogens is 1. The Hall–Kier alpha value is -1.95. The standard InChI is InChI=1S/C13H16N4OS/c1-16(2)11(18)8-9-17-12(14-15-13(17)19)10-6-4-3-5-7-10/h3-7H,8-9H2,1-2H3,(H,15,19). The first kappa shape index (κ1) is 13.5. The van der Waals surface area contributed by atoms with Crippen molar-refractivity contribution in [3.8, 4) is 11.4 Å². The van der Waals surface area contributed by atoms with Crippen molar-refractivity contribution in [3.05, 3.63) is 35.1 Å². The molecule has 0 aliphatic carbocycles. The molecule has 2 rings (SSSR count). The van der Waals surface area contributed by atoms with Crippen molar-refractivity contribution in [3.63, 3.8) is 0 Å². The first-order chi connectivity index (χ1) is 9.09. The molecule has 19 heavy (non-hydrogen) atoms. The van der Waals surface area contributed by atoms with Crippen LogP contribution in [0.1, 0.15) is 6.42 Å². The predicted octanol–water partition coefficient (Wildman–Crippen LogP) is 2.09. The van der Waals surface area contributed by atoms with Crippen LogP contribution in [-0.4, -0.2) is 39.7 Å². The Morgan fingerprint density at radius 1 is 1.37 bits per heavy atom. The third kappa shape index (κ3) is 3.08. The average Bonchev–Trinajstić information content (AvgIpc) is 2.78. The maximum Gasteiger partial charge on any atom is 0.223 e. The van der Waals surface area contributed by atoms with Crippen LogP contribution >= 0.6 is 12.2 Å². The van der Waals surface area contributed by atoms with E-state index in [2.05, 4.69) is 10.2 Å². The van der Waals surface area contributed by atoms with Gasteiger partial charge >= 0.3 is 0 Å². The number of benzene rings is 1. The number of rotatable bonds is 4. The Labute approximate surface area is 116 Å². The van der Waals surface area contributed by atoms with E-state index in [9.17, 15) is 4.79 Å². The third-order valence-corrected chi connectivity index (χ3v) is 3.15. The molecular weight excluding hydrogens is 260 g/mol. The largest absolute Gasteiger partial charge is 0.349 e. The van der Waals surface area contributed by atoms with Crippen LogP contribution in [0.5, 0.6) is 0 Å². The van der Waals surface area contributed by atoms with Crippen LogP contribution in [-0.2, 0) is 11.3 Å². The lowest BCUT2D eigenvalue weighted by molar-refractivity contribution is -0.128. The molecule has 1 N–H and O–H groups in total. The highest BCUT2D eigenvalue weighted by Crippen LogP contribution is 2.16. The Morgan fingerprint density at radius 2 is 2.05 bits per heavy atom. The maximum atomic E-state index is 11.6. The van der Waals surface area contributed by atoms with Crippen molar-refractivity contribution in [2.75, 3.05) is 14.1 Å². The zero-order chi connectivity index (χ0) is 13.8. The van der Waals surface area contributed by atoms with Gasteiger partial charge in [0.25, 0.3) is 0 Å². The van der Waals surface area contributed by atoms with Crippen LogP contribution in [0.15, 0.2) is 30.3 Å². The lowest BCUT2D eigenvalue weighted by Gasteiger charge is -2.11. The maximum absolute atomic E-state index is 11.6. The van der Waals surface area contributed by atoms with Crippen LogP contribution in [0.3, 0.4) is 0 Å². The molecule has 0 atom stereocenters. The summed E-state index contributed by atoms with van der Waals surface area (Å²) in [7, 11) is 3.49. The van der Waals surface area contributed by atoms with Gasteiger partial charge in [-0.15, -0.1) is 0 Å². The average molecular weight is 276 g/mol. The minimum Gasteiger partial charge on any atom is -0.349 e. The first-order valence-corrected chi connectivity index (χ1v) is 6.41. The minimum absolute atomic E-state index is 0.0714. The Bertz CT molecular complexity index is 615. The number of aromatic nitrogens is 3. The lowest BCUT2D eigenvalue weighted by atomic mass is 10.2. The molecular formula is C13H16N4OS. The summed E-state index contributed by atoms with van der Waals surface area (Å²) < 4.78 is 2.39. The molecule has 6 heteroatoms. The molecule has 0 aliphatic rings. The first-order valence-electron chi connectivity index (χ1n) is 6.00. The van der Waals surface area contributed by atoms with E-state index < -0.39 is 0 Å². The topological polar surface area (TPSA) is 53.9 Å². The van der Waals surface area contributed by atoms with Gasteiger partial charge in [-0.05, 0) is 12.2 Å². The normalized spacial score (nSPS) is 10.4. The number of nitrogens with zero attached hydrogens (tertiary/aromatic N) is 3. The summed E-state index contributed by atoms with van der Waals surface area (Å²) >= 11 is 5.21. The van der Waals surface area contributed by atoms with Gasteiger partial charge < -0.3 is 4.90 Å². The predicted molar refractivity (Wildman–Crippen MR) is 76.2 cm³/mol. The van der Waals surface area contributed by atoms with Crippen molar-refractivity contribution < 1.29 is 4.79 Å². The SMILES string of the molecule is CN(C)C(=O)CCn1c(-c2ccccc2)n[nH]c1=S. The Balaban J connectivity index is 2.24. The second-order valence-electron chi connectivity index (χ2n) is 4.41. The second kappa shape index (κ2) is 5.79. The van der Waals surface area contributed by atoms with Crippen molar-refractivity contribution in [1.82, 2.24) is 19.7 Å². The Morgan fingerprint density at radius 3 is 2.68 bits per heavy atom. The molecule has 0 aliphatic heterocycles. The number of aromatic amines is 1. The highest BCUT2D eigenvalue weighted by atomic mass is 32.1. The van der Waals surface area contributed by atoms with E-state index in [4.69, 9.17) is 12.2 Å². The number of hydrogen-bond acceptors (Lipinski definition) is 3. The number of nitrogens with one attached hydrogen (secondary N) is 1. The quantitative estimate of drug-likeness (QED) is 0.870. The third-order valence-electron chi connectivity index (χ3n) is 2.84. The van der Waals surface area contributed by atoms with Gasteiger partial charge in [0.05, 0.1) is 0 Å². The number of carbonyl (C=O) groups excluding carboxylic acids is 1. The summed E-state index contributed by atoms with van der Waals surface area (Å²) in [5.41, 5.74) is 0.979. The highest BCUT2D eigenvalue weighted by Gasteiger charge is 2.10. The molecule has 1 aromatic carbocycles. The van der Waals surface area contributed by atoms with Gasteiger partial charge in [0, 0.05) is 32.6 Å². The fraction of sp³-hybridized carbons (Fsp3) is 0.308. The molecule has 2 aromatic rings. The number of carbonyl (C=O) groups is 1. The molecule has 0 bridgehead atoms. The van der Waals surface area contributed by atoms with Crippen LogP contribution in [0.4, 0.5) is 0 Å². The molecule has 1 heterocycles. The van der Waals surface area contributed by atoms with Gasteiger partial charge in [-0.25, -0.2) is 0 Å². The van der Waals surface area contributed by atoms with E-state index in [1.54, 1.807) is 19.0 Å². The van der Waals surface area contributed by atoms with E-state index in [-0.39, 0.29) is 5.91 Å². The summed E-state index contributed by atoms with van der Waals surface area (Å²) in [5.74, 6) is 0.833. The van der Waals surface area contributed by atoms with Crippen LogP contribution in [0, 0.1) is 4.77 Å². The molecule has 0 unspecified atom stereocenters. The summed E-state index contributed by atoms with van der Waals surface area (Å²) in [6.07, 6.45) is 0.403. The smallest absolute Gasteiger partial charge is 0.223 e. The summed E-state index contributed by atoms with van der Waals surface area (Å²) in [6.45, 7) is 0.524. The fourth-order valence-corrected chi connectivity index (χ4v) is 1.99. The molecule has 0 saturated carbocycles. The molecule has 0 fully saturated rings. The molecule has 1 amide bonds. The van der Waals surface area contributed by atoms with Gasteiger partial charge in [0.1, 0.15) is 0 Å². The Kier molecular flexibility index (Phi) is 4.11. The van der Waals surface area contributed by atoms with Gasteiger partial charge in [-0.1, -0.05) is 30.3 Å². The van der Waals surface area contributed by atoms with Gasteiger partial charge in [0.15, 0.2) is 10.6 Å². The van der Waals surface area contributed by atoms with E-state index in [1.165, 1.54) is 0 Å². The molecule has 5 nitrogen and oxygen atoms in total. The van der Waals surface area contributed by atoms with E-state index in [0.29, 0.717) is 17.7 Å². The molecule has 0 saturated heterocycles. The summed E-state index contributed by atoms with van der Waals surface area (Å²) in [5, 5.41) is 7.01. The number of hydrogen-bond donors (Lipinski definition) is 1. The fourth-order valence-electron chi connectivity index (χ4n) is 1.76. The highest BCUT2D eigenvalue weighted by molar-refractivity contribution is 7.71. The molecule has 0 spiro atoms. The van der Waals surface area contributed by atoms with Crippen LogP contribution in [0.25, 0.3) is 11.4 Å².